The minimum Gasteiger partial charge on any atom is -0.377 e. The van der Waals surface area contributed by atoms with Crippen molar-refractivity contribution in [1.82, 2.24) is 5.32 Å². The Kier molecular flexibility index (Phi) is 3.34. The lowest BCUT2D eigenvalue weighted by atomic mass is 10.0. The van der Waals surface area contributed by atoms with Crippen molar-refractivity contribution < 1.29 is 4.74 Å². The molecule has 1 aliphatic heterocycles. The number of hydrogen-bond acceptors (Lipinski definition) is 2. The summed E-state index contributed by atoms with van der Waals surface area (Å²) in [6, 6.07) is 0.673. The van der Waals surface area contributed by atoms with Crippen molar-refractivity contribution in [2.75, 3.05) is 13.2 Å². The third-order valence-corrected chi connectivity index (χ3v) is 2.33. The summed E-state index contributed by atoms with van der Waals surface area (Å²) in [5, 5.41) is 3.47. The molecule has 66 valence electrons. The predicted molar refractivity (Wildman–Crippen MR) is 46.7 cm³/mol. The normalized spacial score (nSPS) is 31.6. The molecule has 1 N–H and O–H groups in total. The van der Waals surface area contributed by atoms with Gasteiger partial charge in [0, 0.05) is 19.2 Å². The van der Waals surface area contributed by atoms with Crippen molar-refractivity contribution in [2.24, 2.45) is 5.92 Å². The molecule has 0 spiro atoms. The molecular formula is C9H19NO. The molecule has 0 radical (unpaired) electrons. The summed E-state index contributed by atoms with van der Waals surface area (Å²) in [7, 11) is 0. The SMILES string of the molecule is CCO[C@@H]1CN[C@H](C(C)C)C1. The molecule has 2 atom stereocenters. The standard InChI is InChI=1S/C9H19NO/c1-4-11-8-5-9(7(2)3)10-6-8/h7-10H,4-6H2,1-3H3/t8-,9-/m0/s1. The second-order valence-electron chi connectivity index (χ2n) is 3.57. The largest absolute Gasteiger partial charge is 0.377 e. The summed E-state index contributed by atoms with van der Waals surface area (Å²) < 4.78 is 5.52. The van der Waals surface area contributed by atoms with Crippen LogP contribution in [-0.4, -0.2) is 25.3 Å². The molecule has 0 unspecified atom stereocenters. The van der Waals surface area contributed by atoms with Crippen LogP contribution in [0.25, 0.3) is 0 Å². The van der Waals surface area contributed by atoms with Crippen LogP contribution in [0.1, 0.15) is 27.2 Å². The summed E-state index contributed by atoms with van der Waals surface area (Å²) in [5.74, 6) is 0.737. The zero-order valence-electron chi connectivity index (χ0n) is 7.76. The van der Waals surface area contributed by atoms with E-state index in [9.17, 15) is 0 Å². The van der Waals surface area contributed by atoms with Crippen LogP contribution in [0.15, 0.2) is 0 Å². The first-order valence-corrected chi connectivity index (χ1v) is 4.59. The van der Waals surface area contributed by atoms with Crippen LogP contribution >= 0.6 is 0 Å². The molecule has 1 heterocycles. The van der Waals surface area contributed by atoms with Gasteiger partial charge in [-0.25, -0.2) is 0 Å². The van der Waals surface area contributed by atoms with Gasteiger partial charge >= 0.3 is 0 Å². The summed E-state index contributed by atoms with van der Waals surface area (Å²) in [6.45, 7) is 8.45. The van der Waals surface area contributed by atoms with Crippen molar-refractivity contribution in [2.45, 2.75) is 39.3 Å². The van der Waals surface area contributed by atoms with Gasteiger partial charge in [0.1, 0.15) is 0 Å². The molecule has 1 rings (SSSR count). The Morgan fingerprint density at radius 2 is 2.27 bits per heavy atom. The molecule has 0 aromatic rings. The summed E-state index contributed by atoms with van der Waals surface area (Å²) >= 11 is 0. The Morgan fingerprint density at radius 1 is 1.55 bits per heavy atom. The highest BCUT2D eigenvalue weighted by atomic mass is 16.5. The van der Waals surface area contributed by atoms with E-state index in [0.717, 1.165) is 19.1 Å². The molecule has 2 heteroatoms. The average Bonchev–Trinajstić information content (AvgIpc) is 2.37. The van der Waals surface area contributed by atoms with E-state index in [0.29, 0.717) is 12.1 Å². The van der Waals surface area contributed by atoms with Gasteiger partial charge in [-0.15, -0.1) is 0 Å². The van der Waals surface area contributed by atoms with Gasteiger partial charge in [0.15, 0.2) is 0 Å². The fraction of sp³-hybridized carbons (Fsp3) is 1.00. The Balaban J connectivity index is 2.23. The Hall–Kier alpha value is -0.0800. The molecule has 0 aromatic heterocycles. The lowest BCUT2D eigenvalue weighted by Crippen LogP contribution is -2.26. The average molecular weight is 157 g/mol. The first kappa shape index (κ1) is 9.01. The van der Waals surface area contributed by atoms with E-state index in [1.807, 2.05) is 0 Å². The van der Waals surface area contributed by atoms with Crippen molar-refractivity contribution in [3.05, 3.63) is 0 Å². The van der Waals surface area contributed by atoms with Gasteiger partial charge in [-0.05, 0) is 19.3 Å². The lowest BCUT2D eigenvalue weighted by Gasteiger charge is -2.13. The Bertz CT molecular complexity index is 114. The van der Waals surface area contributed by atoms with E-state index in [4.69, 9.17) is 4.74 Å². The smallest absolute Gasteiger partial charge is 0.0714 e. The number of ether oxygens (including phenoxy) is 1. The summed E-state index contributed by atoms with van der Waals surface area (Å²) in [4.78, 5) is 0. The molecule has 0 amide bonds. The minimum absolute atomic E-state index is 0.465. The molecular weight excluding hydrogens is 138 g/mol. The summed E-state index contributed by atoms with van der Waals surface area (Å²) in [5.41, 5.74) is 0. The van der Waals surface area contributed by atoms with E-state index in [1.165, 1.54) is 6.42 Å². The maximum Gasteiger partial charge on any atom is 0.0714 e. The summed E-state index contributed by atoms with van der Waals surface area (Å²) in [6.07, 6.45) is 1.65. The van der Waals surface area contributed by atoms with Crippen molar-refractivity contribution in [3.63, 3.8) is 0 Å². The minimum atomic E-state index is 0.465. The van der Waals surface area contributed by atoms with Crippen LogP contribution in [0.3, 0.4) is 0 Å². The van der Waals surface area contributed by atoms with Gasteiger partial charge < -0.3 is 10.1 Å². The first-order chi connectivity index (χ1) is 5.24. The number of rotatable bonds is 3. The van der Waals surface area contributed by atoms with Crippen molar-refractivity contribution >= 4 is 0 Å². The predicted octanol–water partition coefficient (Wildman–Crippen LogP) is 1.41. The Labute approximate surface area is 69.3 Å². The third-order valence-electron chi connectivity index (χ3n) is 2.33. The van der Waals surface area contributed by atoms with Gasteiger partial charge in [-0.1, -0.05) is 13.8 Å². The molecule has 0 saturated carbocycles. The van der Waals surface area contributed by atoms with Crippen molar-refractivity contribution in [3.8, 4) is 0 Å². The van der Waals surface area contributed by atoms with E-state index in [1.54, 1.807) is 0 Å². The Morgan fingerprint density at radius 3 is 2.73 bits per heavy atom. The molecule has 0 bridgehead atoms. The van der Waals surface area contributed by atoms with E-state index >= 15 is 0 Å². The quantitative estimate of drug-likeness (QED) is 0.669. The molecule has 2 nitrogen and oxygen atoms in total. The second kappa shape index (κ2) is 4.07. The van der Waals surface area contributed by atoms with Crippen LogP contribution in [0.4, 0.5) is 0 Å². The van der Waals surface area contributed by atoms with Crippen LogP contribution in [0.2, 0.25) is 0 Å². The van der Waals surface area contributed by atoms with Crippen molar-refractivity contribution in [1.29, 1.82) is 0 Å². The molecule has 1 fully saturated rings. The third kappa shape index (κ3) is 2.46. The second-order valence-corrected chi connectivity index (χ2v) is 3.57. The number of nitrogens with one attached hydrogen (secondary N) is 1. The monoisotopic (exact) mass is 157 g/mol. The van der Waals surface area contributed by atoms with E-state index < -0.39 is 0 Å². The van der Waals surface area contributed by atoms with Crippen LogP contribution in [-0.2, 0) is 4.74 Å². The zero-order valence-corrected chi connectivity index (χ0v) is 7.76. The van der Waals surface area contributed by atoms with Gasteiger partial charge in [-0.2, -0.15) is 0 Å². The highest BCUT2D eigenvalue weighted by Gasteiger charge is 2.25. The first-order valence-electron chi connectivity index (χ1n) is 4.59. The number of hydrogen-bond donors (Lipinski definition) is 1. The van der Waals surface area contributed by atoms with Gasteiger partial charge in [0.25, 0.3) is 0 Å². The van der Waals surface area contributed by atoms with E-state index in [2.05, 4.69) is 26.1 Å². The molecule has 1 aliphatic rings. The van der Waals surface area contributed by atoms with Crippen LogP contribution in [0.5, 0.6) is 0 Å². The topological polar surface area (TPSA) is 21.3 Å². The zero-order chi connectivity index (χ0) is 8.27. The fourth-order valence-corrected chi connectivity index (χ4v) is 1.60. The van der Waals surface area contributed by atoms with Crippen LogP contribution < -0.4 is 5.32 Å². The lowest BCUT2D eigenvalue weighted by molar-refractivity contribution is 0.0747. The molecule has 0 aliphatic carbocycles. The maximum absolute atomic E-state index is 5.52. The maximum atomic E-state index is 5.52. The highest BCUT2D eigenvalue weighted by Crippen LogP contribution is 2.16. The fourth-order valence-electron chi connectivity index (χ4n) is 1.60. The van der Waals surface area contributed by atoms with Gasteiger partial charge in [-0.3, -0.25) is 0 Å². The van der Waals surface area contributed by atoms with E-state index in [-0.39, 0.29) is 0 Å². The highest BCUT2D eigenvalue weighted by molar-refractivity contribution is 4.83. The molecule has 1 saturated heterocycles. The van der Waals surface area contributed by atoms with Gasteiger partial charge in [0.05, 0.1) is 6.10 Å². The molecule has 11 heavy (non-hydrogen) atoms. The van der Waals surface area contributed by atoms with Crippen LogP contribution in [0, 0.1) is 5.92 Å². The molecule has 0 aromatic carbocycles. The van der Waals surface area contributed by atoms with Gasteiger partial charge in [0.2, 0.25) is 0 Å².